The number of hydrogen-bond donors (Lipinski definition) is 1. The molecule has 1 nitrogen and oxygen atoms in total. The van der Waals surface area contributed by atoms with E-state index in [1.54, 1.807) is 5.57 Å². The molecule has 0 spiro atoms. The lowest BCUT2D eigenvalue weighted by molar-refractivity contribution is 0.348. The minimum atomic E-state index is 0.742. The summed E-state index contributed by atoms with van der Waals surface area (Å²) in [4.78, 5) is 0. The Morgan fingerprint density at radius 2 is 2.19 bits per heavy atom. The van der Waals surface area contributed by atoms with Gasteiger partial charge < -0.3 is 5.32 Å². The van der Waals surface area contributed by atoms with Gasteiger partial charge in [-0.05, 0) is 51.0 Å². The SMILES string of the molecule is CCCC(CC)NCC1CC(C)=CC(C)C1. The van der Waals surface area contributed by atoms with Gasteiger partial charge in [0.2, 0.25) is 0 Å². The fraction of sp³-hybridized carbons (Fsp3) is 0.867. The monoisotopic (exact) mass is 223 g/mol. The molecule has 94 valence electrons. The first-order chi connectivity index (χ1) is 7.65. The molecular formula is C15H29N. The first-order valence-electron chi connectivity index (χ1n) is 7.06. The maximum Gasteiger partial charge on any atom is 0.00644 e. The highest BCUT2D eigenvalue weighted by Crippen LogP contribution is 2.27. The second-order valence-electron chi connectivity index (χ2n) is 5.60. The zero-order chi connectivity index (χ0) is 12.0. The molecule has 0 aromatic rings. The van der Waals surface area contributed by atoms with Gasteiger partial charge in [-0.2, -0.15) is 0 Å². The van der Waals surface area contributed by atoms with E-state index in [1.807, 2.05) is 0 Å². The van der Waals surface area contributed by atoms with Crippen molar-refractivity contribution in [2.24, 2.45) is 11.8 Å². The highest BCUT2D eigenvalue weighted by atomic mass is 14.9. The highest BCUT2D eigenvalue weighted by molar-refractivity contribution is 5.06. The van der Waals surface area contributed by atoms with Crippen molar-refractivity contribution < 1.29 is 0 Å². The van der Waals surface area contributed by atoms with E-state index < -0.39 is 0 Å². The quantitative estimate of drug-likeness (QED) is 0.667. The Bertz CT molecular complexity index is 219. The van der Waals surface area contributed by atoms with Crippen LogP contribution in [0.15, 0.2) is 11.6 Å². The average molecular weight is 223 g/mol. The van der Waals surface area contributed by atoms with Crippen LogP contribution in [-0.4, -0.2) is 12.6 Å². The number of allylic oxidation sites excluding steroid dienone is 2. The molecule has 0 radical (unpaired) electrons. The van der Waals surface area contributed by atoms with Gasteiger partial charge >= 0.3 is 0 Å². The maximum absolute atomic E-state index is 3.75. The standard InChI is InChI=1S/C15H29N/c1-5-7-15(6-2)16-11-14-9-12(3)8-13(4)10-14/h8,12,14-16H,5-7,9-11H2,1-4H3. The zero-order valence-electron chi connectivity index (χ0n) is 11.6. The van der Waals surface area contributed by atoms with E-state index in [0.717, 1.165) is 17.9 Å². The van der Waals surface area contributed by atoms with E-state index in [4.69, 9.17) is 0 Å². The summed E-state index contributed by atoms with van der Waals surface area (Å²) in [7, 11) is 0. The molecule has 1 heteroatoms. The first kappa shape index (κ1) is 13.8. The number of rotatable bonds is 6. The molecule has 0 aliphatic heterocycles. The molecule has 3 unspecified atom stereocenters. The molecule has 1 aliphatic carbocycles. The van der Waals surface area contributed by atoms with Crippen LogP contribution >= 0.6 is 0 Å². The molecule has 0 aromatic heterocycles. The van der Waals surface area contributed by atoms with Crippen LogP contribution in [0.4, 0.5) is 0 Å². The lowest BCUT2D eigenvalue weighted by Gasteiger charge is -2.27. The smallest absolute Gasteiger partial charge is 0.00644 e. The molecule has 0 bridgehead atoms. The number of nitrogens with one attached hydrogen (secondary N) is 1. The third-order valence-corrected chi connectivity index (χ3v) is 3.71. The molecule has 3 atom stereocenters. The van der Waals surface area contributed by atoms with Gasteiger partial charge in [0.25, 0.3) is 0 Å². The third kappa shape index (κ3) is 4.69. The Morgan fingerprint density at radius 3 is 2.75 bits per heavy atom. The molecule has 0 saturated heterocycles. The van der Waals surface area contributed by atoms with E-state index >= 15 is 0 Å². The van der Waals surface area contributed by atoms with Crippen LogP contribution in [0.2, 0.25) is 0 Å². The van der Waals surface area contributed by atoms with Crippen LogP contribution in [0, 0.1) is 11.8 Å². The lowest BCUT2D eigenvalue weighted by atomic mass is 9.83. The molecule has 1 aliphatic rings. The molecule has 0 aromatic carbocycles. The van der Waals surface area contributed by atoms with Crippen LogP contribution < -0.4 is 5.32 Å². The highest BCUT2D eigenvalue weighted by Gasteiger charge is 2.18. The summed E-state index contributed by atoms with van der Waals surface area (Å²) in [6.45, 7) is 10.4. The van der Waals surface area contributed by atoms with Crippen molar-refractivity contribution in [3.8, 4) is 0 Å². The molecule has 16 heavy (non-hydrogen) atoms. The Labute approximate surface area is 102 Å². The van der Waals surface area contributed by atoms with Gasteiger partial charge in [-0.3, -0.25) is 0 Å². The van der Waals surface area contributed by atoms with Gasteiger partial charge in [0.1, 0.15) is 0 Å². The fourth-order valence-electron chi connectivity index (χ4n) is 2.97. The van der Waals surface area contributed by atoms with Gasteiger partial charge in [-0.1, -0.05) is 38.8 Å². The third-order valence-electron chi connectivity index (χ3n) is 3.71. The van der Waals surface area contributed by atoms with Crippen LogP contribution in [0.5, 0.6) is 0 Å². The minimum absolute atomic E-state index is 0.742. The van der Waals surface area contributed by atoms with E-state index in [1.165, 1.54) is 38.6 Å². The van der Waals surface area contributed by atoms with E-state index in [0.29, 0.717) is 0 Å². The van der Waals surface area contributed by atoms with Gasteiger partial charge in [-0.15, -0.1) is 0 Å². The van der Waals surface area contributed by atoms with Gasteiger partial charge in [0, 0.05) is 6.04 Å². The van der Waals surface area contributed by atoms with Crippen molar-refractivity contribution in [1.29, 1.82) is 0 Å². The van der Waals surface area contributed by atoms with Crippen LogP contribution in [0.1, 0.15) is 59.8 Å². The second-order valence-corrected chi connectivity index (χ2v) is 5.60. The second kappa shape index (κ2) is 7.11. The summed E-state index contributed by atoms with van der Waals surface area (Å²) >= 11 is 0. The van der Waals surface area contributed by atoms with Crippen LogP contribution in [0.25, 0.3) is 0 Å². The van der Waals surface area contributed by atoms with E-state index in [9.17, 15) is 0 Å². The normalized spacial score (nSPS) is 27.6. The van der Waals surface area contributed by atoms with E-state index in [2.05, 4.69) is 39.1 Å². The summed E-state index contributed by atoms with van der Waals surface area (Å²) in [5.74, 6) is 1.65. The summed E-state index contributed by atoms with van der Waals surface area (Å²) in [6.07, 6.45) is 9.01. The summed E-state index contributed by atoms with van der Waals surface area (Å²) in [6, 6.07) is 0.742. The molecule has 0 saturated carbocycles. The Hall–Kier alpha value is -0.300. The molecule has 1 N–H and O–H groups in total. The van der Waals surface area contributed by atoms with Gasteiger partial charge in [-0.25, -0.2) is 0 Å². The molecular weight excluding hydrogens is 194 g/mol. The largest absolute Gasteiger partial charge is 0.314 e. The molecule has 0 heterocycles. The summed E-state index contributed by atoms with van der Waals surface area (Å²) in [5.41, 5.74) is 1.59. The van der Waals surface area contributed by atoms with Crippen molar-refractivity contribution in [2.45, 2.75) is 65.8 Å². The zero-order valence-corrected chi connectivity index (χ0v) is 11.6. The van der Waals surface area contributed by atoms with Crippen molar-refractivity contribution in [3.63, 3.8) is 0 Å². The van der Waals surface area contributed by atoms with Crippen LogP contribution in [-0.2, 0) is 0 Å². The number of hydrogen-bond acceptors (Lipinski definition) is 1. The topological polar surface area (TPSA) is 12.0 Å². The lowest BCUT2D eigenvalue weighted by Crippen LogP contribution is -2.34. The maximum atomic E-state index is 3.75. The molecule has 0 amide bonds. The van der Waals surface area contributed by atoms with Gasteiger partial charge in [0.05, 0.1) is 0 Å². The summed E-state index contributed by atoms with van der Waals surface area (Å²) < 4.78 is 0. The predicted octanol–water partition coefficient (Wildman–Crippen LogP) is 4.15. The first-order valence-corrected chi connectivity index (χ1v) is 7.06. The van der Waals surface area contributed by atoms with Gasteiger partial charge in [0.15, 0.2) is 0 Å². The van der Waals surface area contributed by atoms with Crippen molar-refractivity contribution in [3.05, 3.63) is 11.6 Å². The van der Waals surface area contributed by atoms with Crippen molar-refractivity contribution >= 4 is 0 Å². The fourth-order valence-corrected chi connectivity index (χ4v) is 2.97. The predicted molar refractivity (Wildman–Crippen MR) is 72.6 cm³/mol. The Balaban J connectivity index is 2.29. The minimum Gasteiger partial charge on any atom is -0.314 e. The van der Waals surface area contributed by atoms with Crippen LogP contribution in [0.3, 0.4) is 0 Å². The summed E-state index contributed by atoms with van der Waals surface area (Å²) in [5, 5.41) is 3.75. The molecule has 0 fully saturated rings. The Morgan fingerprint density at radius 1 is 1.44 bits per heavy atom. The molecule has 1 rings (SSSR count). The van der Waals surface area contributed by atoms with E-state index in [-0.39, 0.29) is 0 Å². The Kier molecular flexibility index (Phi) is 6.12. The van der Waals surface area contributed by atoms with Crippen molar-refractivity contribution in [2.75, 3.05) is 6.54 Å². The average Bonchev–Trinajstić information content (AvgIpc) is 2.23. The van der Waals surface area contributed by atoms with Crippen molar-refractivity contribution in [1.82, 2.24) is 5.32 Å².